The highest BCUT2D eigenvalue weighted by atomic mass is 32.2. The van der Waals surface area contributed by atoms with Crippen molar-refractivity contribution in [3.63, 3.8) is 0 Å². The number of thioether (sulfide) groups is 1. The Morgan fingerprint density at radius 2 is 2.00 bits per heavy atom. The summed E-state index contributed by atoms with van der Waals surface area (Å²) in [6.07, 6.45) is 8.61. The Kier molecular flexibility index (Phi) is 3.68. The van der Waals surface area contributed by atoms with Crippen LogP contribution in [0.2, 0.25) is 0 Å². The first-order chi connectivity index (χ1) is 8.65. The van der Waals surface area contributed by atoms with Gasteiger partial charge in [-0.2, -0.15) is 11.8 Å². The molecule has 3 aliphatic rings. The van der Waals surface area contributed by atoms with Crippen molar-refractivity contribution in [3.8, 4) is 0 Å². The molecule has 104 valence electrons. The van der Waals surface area contributed by atoms with Crippen LogP contribution in [0.3, 0.4) is 0 Å². The third kappa shape index (κ3) is 2.23. The smallest absolute Gasteiger partial charge is 0.0800 e. The lowest BCUT2D eigenvalue weighted by molar-refractivity contribution is -0.158. The van der Waals surface area contributed by atoms with Crippen molar-refractivity contribution in [1.82, 2.24) is 0 Å². The van der Waals surface area contributed by atoms with E-state index in [1.165, 1.54) is 32.1 Å². The number of hydrogen-bond donors (Lipinski definition) is 1. The van der Waals surface area contributed by atoms with Crippen molar-refractivity contribution in [2.45, 2.75) is 63.1 Å². The Bertz CT molecular complexity index is 295. The highest BCUT2D eigenvalue weighted by Crippen LogP contribution is 2.48. The number of ether oxygens (including phenoxy) is 1. The van der Waals surface area contributed by atoms with Gasteiger partial charge in [-0.1, -0.05) is 26.2 Å². The molecule has 18 heavy (non-hydrogen) atoms. The van der Waals surface area contributed by atoms with E-state index in [1.807, 2.05) is 11.8 Å². The molecule has 1 saturated carbocycles. The van der Waals surface area contributed by atoms with Crippen LogP contribution in [-0.2, 0) is 4.74 Å². The van der Waals surface area contributed by atoms with Crippen molar-refractivity contribution in [3.05, 3.63) is 0 Å². The van der Waals surface area contributed by atoms with Crippen molar-refractivity contribution in [1.29, 1.82) is 0 Å². The predicted molar refractivity (Wildman–Crippen MR) is 75.9 cm³/mol. The van der Waals surface area contributed by atoms with Crippen LogP contribution in [0.5, 0.6) is 0 Å². The van der Waals surface area contributed by atoms with E-state index in [4.69, 9.17) is 4.74 Å². The zero-order chi connectivity index (χ0) is 12.6. The SMILES string of the molecule is CC1CSCC1(O)C1CCOC2(CCCCC2)C1. The van der Waals surface area contributed by atoms with Crippen molar-refractivity contribution in [2.75, 3.05) is 18.1 Å². The van der Waals surface area contributed by atoms with Crippen LogP contribution in [0.1, 0.15) is 51.9 Å². The number of hydrogen-bond acceptors (Lipinski definition) is 3. The van der Waals surface area contributed by atoms with E-state index < -0.39 is 5.60 Å². The van der Waals surface area contributed by atoms with Crippen LogP contribution < -0.4 is 0 Å². The first-order valence-corrected chi connectivity index (χ1v) is 8.74. The number of aliphatic hydroxyl groups is 1. The monoisotopic (exact) mass is 270 g/mol. The first-order valence-electron chi connectivity index (χ1n) is 7.59. The summed E-state index contributed by atoms with van der Waals surface area (Å²) in [4.78, 5) is 0. The van der Waals surface area contributed by atoms with Gasteiger partial charge in [0.2, 0.25) is 0 Å². The van der Waals surface area contributed by atoms with Gasteiger partial charge < -0.3 is 9.84 Å². The molecule has 2 heterocycles. The molecule has 2 nitrogen and oxygen atoms in total. The summed E-state index contributed by atoms with van der Waals surface area (Å²) in [5.74, 6) is 2.98. The highest BCUT2D eigenvalue weighted by Gasteiger charge is 2.50. The van der Waals surface area contributed by atoms with Gasteiger partial charge in [0.25, 0.3) is 0 Å². The van der Waals surface area contributed by atoms with Crippen LogP contribution in [-0.4, -0.2) is 34.4 Å². The minimum atomic E-state index is -0.418. The summed E-state index contributed by atoms with van der Waals surface area (Å²) in [6.45, 7) is 3.09. The maximum absolute atomic E-state index is 11.0. The van der Waals surface area contributed by atoms with Gasteiger partial charge in [-0.15, -0.1) is 0 Å². The van der Waals surface area contributed by atoms with Crippen LogP contribution in [0.15, 0.2) is 0 Å². The molecule has 0 aromatic rings. The quantitative estimate of drug-likeness (QED) is 0.793. The average Bonchev–Trinajstić information content (AvgIpc) is 2.72. The summed E-state index contributed by atoms with van der Waals surface area (Å²) in [5, 5.41) is 11.0. The van der Waals surface area contributed by atoms with Gasteiger partial charge in [0.1, 0.15) is 0 Å². The molecule has 2 aliphatic heterocycles. The maximum Gasteiger partial charge on any atom is 0.0800 e. The Morgan fingerprint density at radius 3 is 2.67 bits per heavy atom. The van der Waals surface area contributed by atoms with Crippen molar-refractivity contribution >= 4 is 11.8 Å². The fourth-order valence-corrected chi connectivity index (χ4v) is 5.81. The van der Waals surface area contributed by atoms with Gasteiger partial charge in [-0.3, -0.25) is 0 Å². The molecule has 3 heteroatoms. The van der Waals surface area contributed by atoms with E-state index in [2.05, 4.69) is 6.92 Å². The molecule has 1 N–H and O–H groups in total. The average molecular weight is 270 g/mol. The van der Waals surface area contributed by atoms with Crippen LogP contribution in [0.4, 0.5) is 0 Å². The Morgan fingerprint density at radius 1 is 1.22 bits per heavy atom. The minimum Gasteiger partial charge on any atom is -0.388 e. The van der Waals surface area contributed by atoms with Gasteiger partial charge >= 0.3 is 0 Å². The normalized spacial score (nSPS) is 44.3. The Hall–Kier alpha value is 0.270. The number of rotatable bonds is 1. The molecule has 0 aromatic carbocycles. The third-order valence-corrected chi connectivity index (χ3v) is 6.92. The molecular formula is C15H26O2S. The zero-order valence-corrected chi connectivity index (χ0v) is 12.3. The summed E-state index contributed by atoms with van der Waals surface area (Å²) < 4.78 is 6.16. The predicted octanol–water partition coefficient (Wildman–Crippen LogP) is 3.23. The third-order valence-electron chi connectivity index (χ3n) is 5.52. The molecule has 3 unspecified atom stereocenters. The van der Waals surface area contributed by atoms with E-state index in [-0.39, 0.29) is 5.60 Å². The van der Waals surface area contributed by atoms with E-state index in [0.29, 0.717) is 11.8 Å². The summed E-state index contributed by atoms with van der Waals surface area (Å²) >= 11 is 1.93. The molecule has 0 amide bonds. The van der Waals surface area contributed by atoms with Crippen LogP contribution in [0.25, 0.3) is 0 Å². The summed E-state index contributed by atoms with van der Waals surface area (Å²) in [5.41, 5.74) is -0.289. The molecule has 0 radical (unpaired) electrons. The fraction of sp³-hybridized carbons (Fsp3) is 1.00. The molecule has 1 aliphatic carbocycles. The molecule has 3 fully saturated rings. The first kappa shape index (κ1) is 13.3. The summed E-state index contributed by atoms with van der Waals surface area (Å²) in [6, 6.07) is 0. The Labute approximate surface area is 115 Å². The zero-order valence-electron chi connectivity index (χ0n) is 11.5. The molecule has 3 atom stereocenters. The van der Waals surface area contributed by atoms with Gasteiger partial charge in [0, 0.05) is 12.4 Å². The van der Waals surface area contributed by atoms with Crippen LogP contribution in [0, 0.1) is 11.8 Å². The van der Waals surface area contributed by atoms with E-state index in [1.54, 1.807) is 0 Å². The minimum absolute atomic E-state index is 0.129. The van der Waals surface area contributed by atoms with Crippen LogP contribution >= 0.6 is 11.8 Å². The summed E-state index contributed by atoms with van der Waals surface area (Å²) in [7, 11) is 0. The second kappa shape index (κ2) is 4.99. The topological polar surface area (TPSA) is 29.5 Å². The van der Waals surface area contributed by atoms with E-state index in [9.17, 15) is 5.11 Å². The van der Waals surface area contributed by atoms with Gasteiger partial charge in [0.15, 0.2) is 0 Å². The molecule has 2 saturated heterocycles. The molecule has 0 bridgehead atoms. The molecule has 1 spiro atoms. The van der Waals surface area contributed by atoms with Crippen molar-refractivity contribution < 1.29 is 9.84 Å². The molecule has 3 rings (SSSR count). The maximum atomic E-state index is 11.0. The lowest BCUT2D eigenvalue weighted by Gasteiger charge is -2.48. The van der Waals surface area contributed by atoms with Crippen molar-refractivity contribution in [2.24, 2.45) is 11.8 Å². The second-order valence-electron chi connectivity index (χ2n) is 6.69. The second-order valence-corrected chi connectivity index (χ2v) is 7.72. The fourth-order valence-electron chi connectivity index (χ4n) is 4.20. The lowest BCUT2D eigenvalue weighted by Crippen LogP contribution is -2.52. The van der Waals surface area contributed by atoms with Gasteiger partial charge in [-0.05, 0) is 43.3 Å². The Balaban J connectivity index is 1.73. The lowest BCUT2D eigenvalue weighted by atomic mass is 9.68. The van der Waals surface area contributed by atoms with E-state index >= 15 is 0 Å². The molecular weight excluding hydrogens is 244 g/mol. The standard InChI is InChI=1S/C15H26O2S/c1-12-10-18-11-15(12,16)13-5-8-17-14(9-13)6-3-2-4-7-14/h12-13,16H,2-11H2,1H3. The molecule has 0 aromatic heterocycles. The largest absolute Gasteiger partial charge is 0.388 e. The highest BCUT2D eigenvalue weighted by molar-refractivity contribution is 7.99. The van der Waals surface area contributed by atoms with Gasteiger partial charge in [-0.25, -0.2) is 0 Å². The van der Waals surface area contributed by atoms with Gasteiger partial charge in [0.05, 0.1) is 11.2 Å². The van der Waals surface area contributed by atoms with E-state index in [0.717, 1.165) is 31.0 Å².